The van der Waals surface area contributed by atoms with Gasteiger partial charge in [-0.2, -0.15) is 0 Å². The summed E-state index contributed by atoms with van der Waals surface area (Å²) in [5.41, 5.74) is 1.57. The number of nitrogens with one attached hydrogen (secondary N) is 2. The van der Waals surface area contributed by atoms with Crippen molar-refractivity contribution in [2.24, 2.45) is 0 Å². The number of nitro benzene ring substituents is 1. The summed E-state index contributed by atoms with van der Waals surface area (Å²) in [5.74, 6) is 0. The Morgan fingerprint density at radius 3 is 2.55 bits per heavy atom. The molecule has 0 aliphatic rings. The minimum absolute atomic E-state index is 0.0821. The predicted molar refractivity (Wildman–Crippen MR) is 81.5 cm³/mol. The second-order valence-corrected chi connectivity index (χ2v) is 4.64. The van der Waals surface area contributed by atoms with E-state index in [0.29, 0.717) is 6.61 Å². The van der Waals surface area contributed by atoms with Crippen LogP contribution in [-0.4, -0.2) is 31.2 Å². The molecule has 0 saturated heterocycles. The van der Waals surface area contributed by atoms with Gasteiger partial charge in [0.05, 0.1) is 11.5 Å². The lowest BCUT2D eigenvalue weighted by Gasteiger charge is -2.19. The number of hydrogen-bond donors (Lipinski definition) is 2. The Balaban J connectivity index is 2.93. The number of non-ortho nitro benzene ring substituents is 1. The first kappa shape index (κ1) is 16.2. The number of methoxy groups -OCH3 is 1. The summed E-state index contributed by atoms with van der Waals surface area (Å²) in [7, 11) is 1.65. The van der Waals surface area contributed by atoms with E-state index < -0.39 is 0 Å². The average Bonchev–Trinajstić information content (AvgIpc) is 2.39. The molecule has 1 unspecified atom stereocenters. The lowest BCUT2D eigenvalue weighted by Crippen LogP contribution is -2.24. The van der Waals surface area contributed by atoms with Gasteiger partial charge in [0.1, 0.15) is 0 Å². The van der Waals surface area contributed by atoms with Gasteiger partial charge in [0.15, 0.2) is 0 Å². The molecule has 0 spiro atoms. The molecule has 2 N–H and O–H groups in total. The van der Waals surface area contributed by atoms with Gasteiger partial charge in [-0.25, -0.2) is 0 Å². The van der Waals surface area contributed by atoms with E-state index in [9.17, 15) is 10.1 Å². The first-order chi connectivity index (χ1) is 9.60. The molecule has 112 valence electrons. The maximum absolute atomic E-state index is 11.0. The number of ether oxygens (including phenoxy) is 1. The van der Waals surface area contributed by atoms with E-state index in [1.54, 1.807) is 19.2 Å². The highest BCUT2D eigenvalue weighted by atomic mass is 16.6. The zero-order chi connectivity index (χ0) is 15.0. The second kappa shape index (κ2) is 8.37. The number of hydrogen-bond acceptors (Lipinski definition) is 5. The summed E-state index contributed by atoms with van der Waals surface area (Å²) in [6, 6.07) is 5.13. The van der Waals surface area contributed by atoms with E-state index in [1.807, 2.05) is 13.0 Å². The molecule has 1 aromatic carbocycles. The molecule has 20 heavy (non-hydrogen) atoms. The quantitative estimate of drug-likeness (QED) is 0.536. The number of nitrogens with zero attached hydrogens (tertiary/aromatic N) is 1. The van der Waals surface area contributed by atoms with Crippen LogP contribution in [0.4, 0.5) is 17.1 Å². The number of benzene rings is 1. The Kier molecular flexibility index (Phi) is 6.79. The fourth-order valence-corrected chi connectivity index (χ4v) is 2.09. The number of rotatable bonds is 9. The molecular weight excluding hydrogens is 258 g/mol. The van der Waals surface area contributed by atoms with Crippen LogP contribution < -0.4 is 10.6 Å². The Morgan fingerprint density at radius 2 is 2.00 bits per heavy atom. The van der Waals surface area contributed by atoms with Crippen molar-refractivity contribution >= 4 is 17.1 Å². The second-order valence-electron chi connectivity index (χ2n) is 4.64. The van der Waals surface area contributed by atoms with Crippen LogP contribution in [0.3, 0.4) is 0 Å². The third-order valence-electron chi connectivity index (χ3n) is 2.89. The Labute approximate surface area is 119 Å². The minimum Gasteiger partial charge on any atom is -0.385 e. The number of nitro groups is 1. The van der Waals surface area contributed by atoms with Crippen LogP contribution in [0.2, 0.25) is 0 Å². The van der Waals surface area contributed by atoms with Crippen molar-refractivity contribution in [2.45, 2.75) is 32.7 Å². The molecule has 1 aromatic rings. The van der Waals surface area contributed by atoms with Crippen molar-refractivity contribution < 1.29 is 9.66 Å². The first-order valence-electron chi connectivity index (χ1n) is 6.89. The fourth-order valence-electron chi connectivity index (χ4n) is 2.09. The van der Waals surface area contributed by atoms with Gasteiger partial charge < -0.3 is 15.4 Å². The van der Waals surface area contributed by atoms with Crippen molar-refractivity contribution in [1.29, 1.82) is 0 Å². The third kappa shape index (κ3) is 5.05. The van der Waals surface area contributed by atoms with Crippen LogP contribution >= 0.6 is 0 Å². The van der Waals surface area contributed by atoms with Crippen LogP contribution in [0.1, 0.15) is 26.7 Å². The molecule has 0 bridgehead atoms. The van der Waals surface area contributed by atoms with Crippen LogP contribution in [0.5, 0.6) is 0 Å². The smallest absolute Gasteiger partial charge is 0.273 e. The minimum atomic E-state index is -0.378. The summed E-state index contributed by atoms with van der Waals surface area (Å²) in [6.07, 6.45) is 1.98. The topological polar surface area (TPSA) is 76.4 Å². The zero-order valence-corrected chi connectivity index (χ0v) is 12.3. The molecule has 1 rings (SSSR count). The Hall–Kier alpha value is -1.82. The van der Waals surface area contributed by atoms with Crippen LogP contribution in [0.15, 0.2) is 18.2 Å². The average molecular weight is 281 g/mol. The molecule has 0 heterocycles. The monoisotopic (exact) mass is 281 g/mol. The summed E-state index contributed by atoms with van der Waals surface area (Å²) in [5, 5.41) is 17.4. The lowest BCUT2D eigenvalue weighted by molar-refractivity contribution is -0.384. The molecule has 1 atom stereocenters. The maximum Gasteiger partial charge on any atom is 0.273 e. The van der Waals surface area contributed by atoms with Crippen LogP contribution in [0.25, 0.3) is 0 Å². The van der Waals surface area contributed by atoms with Crippen molar-refractivity contribution in [2.75, 3.05) is 30.9 Å². The first-order valence-corrected chi connectivity index (χ1v) is 6.89. The summed E-state index contributed by atoms with van der Waals surface area (Å²) in [4.78, 5) is 10.6. The van der Waals surface area contributed by atoms with Crippen molar-refractivity contribution in [3.63, 3.8) is 0 Å². The molecule has 6 heteroatoms. The molecule has 0 amide bonds. The van der Waals surface area contributed by atoms with E-state index in [1.165, 1.54) is 0 Å². The molecule has 0 radical (unpaired) electrons. The normalized spacial score (nSPS) is 11.9. The van der Waals surface area contributed by atoms with Gasteiger partial charge in [-0.1, -0.05) is 13.3 Å². The van der Waals surface area contributed by atoms with E-state index in [-0.39, 0.29) is 16.7 Å². The van der Waals surface area contributed by atoms with Crippen molar-refractivity contribution in [3.05, 3.63) is 28.3 Å². The van der Waals surface area contributed by atoms with E-state index >= 15 is 0 Å². The molecule has 0 aliphatic heterocycles. The molecule has 0 saturated carbocycles. The summed E-state index contributed by atoms with van der Waals surface area (Å²) < 4.78 is 5.17. The Morgan fingerprint density at radius 1 is 1.30 bits per heavy atom. The van der Waals surface area contributed by atoms with Gasteiger partial charge in [0.2, 0.25) is 0 Å². The maximum atomic E-state index is 11.0. The van der Waals surface area contributed by atoms with Crippen molar-refractivity contribution in [1.82, 2.24) is 0 Å². The highest BCUT2D eigenvalue weighted by Gasteiger charge is 2.13. The lowest BCUT2D eigenvalue weighted by atomic mass is 10.1. The summed E-state index contributed by atoms with van der Waals surface area (Å²) in [6.45, 7) is 5.35. The molecule has 0 aromatic heterocycles. The van der Waals surface area contributed by atoms with Crippen LogP contribution in [0, 0.1) is 10.1 Å². The van der Waals surface area contributed by atoms with Crippen LogP contribution in [-0.2, 0) is 4.74 Å². The zero-order valence-electron chi connectivity index (χ0n) is 12.3. The molecular formula is C14H23N3O3. The van der Waals surface area contributed by atoms with E-state index in [0.717, 1.165) is 30.8 Å². The standard InChI is InChI=1S/C14H23N3O3/c1-4-6-11(10-20-3)16-13-7-12(15-5-2)8-14(9-13)17(18)19/h7-9,11,15-16H,4-6,10H2,1-3H3. The molecule has 0 fully saturated rings. The fraction of sp³-hybridized carbons (Fsp3) is 0.571. The van der Waals surface area contributed by atoms with Gasteiger partial charge in [0.25, 0.3) is 5.69 Å². The summed E-state index contributed by atoms with van der Waals surface area (Å²) >= 11 is 0. The highest BCUT2D eigenvalue weighted by Crippen LogP contribution is 2.25. The Bertz CT molecular complexity index is 432. The van der Waals surface area contributed by atoms with Gasteiger partial charge in [0, 0.05) is 43.2 Å². The van der Waals surface area contributed by atoms with E-state index in [4.69, 9.17) is 4.74 Å². The van der Waals surface area contributed by atoms with Gasteiger partial charge in [-0.3, -0.25) is 10.1 Å². The number of anilines is 2. The SMILES string of the molecule is CCCC(COC)Nc1cc(NCC)cc([N+](=O)[O-])c1. The van der Waals surface area contributed by atoms with Gasteiger partial charge >= 0.3 is 0 Å². The molecule has 6 nitrogen and oxygen atoms in total. The third-order valence-corrected chi connectivity index (χ3v) is 2.89. The largest absolute Gasteiger partial charge is 0.385 e. The van der Waals surface area contributed by atoms with Gasteiger partial charge in [-0.05, 0) is 19.4 Å². The van der Waals surface area contributed by atoms with E-state index in [2.05, 4.69) is 17.6 Å². The predicted octanol–water partition coefficient (Wildman–Crippen LogP) is 3.25. The van der Waals surface area contributed by atoms with Gasteiger partial charge in [-0.15, -0.1) is 0 Å². The highest BCUT2D eigenvalue weighted by molar-refractivity contribution is 5.63. The molecule has 0 aliphatic carbocycles. The van der Waals surface area contributed by atoms with Crippen molar-refractivity contribution in [3.8, 4) is 0 Å².